The molecule has 0 bridgehead atoms. The van der Waals surface area contributed by atoms with Gasteiger partial charge in [-0.3, -0.25) is 4.79 Å². The minimum atomic E-state index is 0.227. The molecule has 2 saturated carbocycles. The summed E-state index contributed by atoms with van der Waals surface area (Å²) in [6.45, 7) is 0. The summed E-state index contributed by atoms with van der Waals surface area (Å²) in [6, 6.07) is 8.26. The number of anilines is 1. The van der Waals surface area contributed by atoms with Crippen molar-refractivity contribution in [2.75, 3.05) is 10.6 Å². The first-order valence-electron chi connectivity index (χ1n) is 7.22. The van der Waals surface area contributed by atoms with Gasteiger partial charge in [-0.2, -0.15) is 0 Å². The molecule has 2 nitrogen and oxygen atoms in total. The second-order valence-corrected chi connectivity index (χ2v) is 6.70. The number of benzene rings is 1. The second kappa shape index (κ2) is 5.66. The SMILES string of the molecule is O=C(Nc1cccc(CCCBr)c1)C1CC2CC2C1. The third kappa shape index (κ3) is 3.19. The van der Waals surface area contributed by atoms with E-state index in [1.807, 2.05) is 12.1 Å². The van der Waals surface area contributed by atoms with E-state index < -0.39 is 0 Å². The number of halogens is 1. The van der Waals surface area contributed by atoms with Crippen molar-refractivity contribution in [1.82, 2.24) is 0 Å². The molecule has 0 heterocycles. The van der Waals surface area contributed by atoms with Gasteiger partial charge >= 0.3 is 0 Å². The zero-order chi connectivity index (χ0) is 13.2. The Kier molecular flexibility index (Phi) is 3.92. The van der Waals surface area contributed by atoms with Gasteiger partial charge in [0.05, 0.1) is 0 Å². The molecule has 0 radical (unpaired) electrons. The van der Waals surface area contributed by atoms with Crippen LogP contribution in [0.1, 0.15) is 31.2 Å². The van der Waals surface area contributed by atoms with E-state index in [0.717, 1.165) is 48.5 Å². The molecule has 2 unspecified atom stereocenters. The fourth-order valence-electron chi connectivity index (χ4n) is 3.25. The van der Waals surface area contributed by atoms with E-state index in [4.69, 9.17) is 0 Å². The van der Waals surface area contributed by atoms with Gasteiger partial charge < -0.3 is 5.32 Å². The summed E-state index contributed by atoms with van der Waals surface area (Å²) >= 11 is 3.45. The highest BCUT2D eigenvalue weighted by atomic mass is 79.9. The first-order valence-corrected chi connectivity index (χ1v) is 8.34. The number of alkyl halides is 1. The molecule has 2 aliphatic rings. The molecule has 1 aromatic carbocycles. The highest BCUT2D eigenvalue weighted by molar-refractivity contribution is 9.09. The van der Waals surface area contributed by atoms with Crippen molar-refractivity contribution in [2.24, 2.45) is 17.8 Å². The first kappa shape index (κ1) is 13.2. The molecule has 0 saturated heterocycles. The average Bonchev–Trinajstić information content (AvgIpc) is 3.03. The smallest absolute Gasteiger partial charge is 0.227 e. The third-order valence-electron chi connectivity index (χ3n) is 4.41. The van der Waals surface area contributed by atoms with Crippen LogP contribution >= 0.6 is 15.9 Å². The van der Waals surface area contributed by atoms with Gasteiger partial charge in [-0.05, 0) is 61.6 Å². The summed E-state index contributed by atoms with van der Waals surface area (Å²) in [5, 5.41) is 4.11. The van der Waals surface area contributed by atoms with E-state index in [0.29, 0.717) is 0 Å². The van der Waals surface area contributed by atoms with E-state index in [1.165, 1.54) is 12.0 Å². The van der Waals surface area contributed by atoms with Crippen LogP contribution in [0.5, 0.6) is 0 Å². The van der Waals surface area contributed by atoms with Gasteiger partial charge in [0.1, 0.15) is 0 Å². The van der Waals surface area contributed by atoms with Crippen LogP contribution in [0.3, 0.4) is 0 Å². The molecular formula is C16H20BrNO. The van der Waals surface area contributed by atoms with Crippen LogP contribution in [0.25, 0.3) is 0 Å². The number of fused-ring (bicyclic) bond motifs is 1. The Labute approximate surface area is 123 Å². The molecule has 19 heavy (non-hydrogen) atoms. The van der Waals surface area contributed by atoms with E-state index in [1.54, 1.807) is 0 Å². The maximum absolute atomic E-state index is 12.2. The molecular weight excluding hydrogens is 302 g/mol. The molecule has 1 aromatic rings. The molecule has 0 aromatic heterocycles. The summed E-state index contributed by atoms with van der Waals surface area (Å²) in [5.41, 5.74) is 2.25. The Balaban J connectivity index is 1.57. The van der Waals surface area contributed by atoms with Gasteiger partial charge in [-0.1, -0.05) is 28.1 Å². The summed E-state index contributed by atoms with van der Waals surface area (Å²) < 4.78 is 0. The molecule has 2 atom stereocenters. The van der Waals surface area contributed by atoms with Crippen LogP contribution in [-0.4, -0.2) is 11.2 Å². The Morgan fingerprint density at radius 2 is 2.05 bits per heavy atom. The molecule has 0 aliphatic heterocycles. The number of hydrogen-bond acceptors (Lipinski definition) is 1. The van der Waals surface area contributed by atoms with Crippen molar-refractivity contribution >= 4 is 27.5 Å². The standard InChI is InChI=1S/C16H20BrNO/c17-6-2-4-11-3-1-5-15(7-11)18-16(19)14-9-12-8-13(12)10-14/h1,3,5,7,12-14H,2,4,6,8-10H2,(H,18,19). The van der Waals surface area contributed by atoms with E-state index >= 15 is 0 Å². The Morgan fingerprint density at radius 1 is 1.26 bits per heavy atom. The number of aryl methyl sites for hydroxylation is 1. The summed E-state index contributed by atoms with van der Waals surface area (Å²) in [7, 11) is 0. The monoisotopic (exact) mass is 321 g/mol. The molecule has 1 N–H and O–H groups in total. The normalized spacial score (nSPS) is 27.9. The second-order valence-electron chi connectivity index (χ2n) is 5.91. The van der Waals surface area contributed by atoms with Crippen LogP contribution in [0.2, 0.25) is 0 Å². The van der Waals surface area contributed by atoms with E-state index in [-0.39, 0.29) is 11.8 Å². The molecule has 3 heteroatoms. The van der Waals surface area contributed by atoms with Crippen LogP contribution < -0.4 is 5.32 Å². The summed E-state index contributed by atoms with van der Waals surface area (Å²) in [6.07, 6.45) is 5.78. The van der Waals surface area contributed by atoms with Crippen molar-refractivity contribution in [3.63, 3.8) is 0 Å². The lowest BCUT2D eigenvalue weighted by Gasteiger charge is -2.13. The Morgan fingerprint density at radius 3 is 2.79 bits per heavy atom. The van der Waals surface area contributed by atoms with Crippen molar-refractivity contribution in [3.05, 3.63) is 29.8 Å². The number of carbonyl (C=O) groups is 1. The largest absolute Gasteiger partial charge is 0.326 e. The lowest BCUT2D eigenvalue weighted by molar-refractivity contribution is -0.120. The number of rotatable bonds is 5. The number of hydrogen-bond donors (Lipinski definition) is 1. The molecule has 2 fully saturated rings. The van der Waals surface area contributed by atoms with E-state index in [9.17, 15) is 4.79 Å². The number of carbonyl (C=O) groups excluding carboxylic acids is 1. The quantitative estimate of drug-likeness (QED) is 0.816. The van der Waals surface area contributed by atoms with Crippen molar-refractivity contribution in [1.29, 1.82) is 0 Å². The van der Waals surface area contributed by atoms with Gasteiger partial charge in [0.15, 0.2) is 0 Å². The zero-order valence-electron chi connectivity index (χ0n) is 11.1. The van der Waals surface area contributed by atoms with E-state index in [2.05, 4.69) is 33.4 Å². The van der Waals surface area contributed by atoms with Crippen LogP contribution in [0.15, 0.2) is 24.3 Å². The lowest BCUT2D eigenvalue weighted by atomic mass is 10.0. The lowest BCUT2D eigenvalue weighted by Crippen LogP contribution is -2.21. The molecule has 1 amide bonds. The Hall–Kier alpha value is -0.830. The van der Waals surface area contributed by atoms with Crippen LogP contribution in [0.4, 0.5) is 5.69 Å². The summed E-state index contributed by atoms with van der Waals surface area (Å²) in [4.78, 5) is 12.2. The number of amides is 1. The van der Waals surface area contributed by atoms with Gasteiger partial charge in [0, 0.05) is 16.9 Å². The molecule has 2 aliphatic carbocycles. The van der Waals surface area contributed by atoms with Gasteiger partial charge in [-0.15, -0.1) is 0 Å². The van der Waals surface area contributed by atoms with Crippen molar-refractivity contribution in [3.8, 4) is 0 Å². The van der Waals surface area contributed by atoms with Crippen LogP contribution in [-0.2, 0) is 11.2 Å². The maximum Gasteiger partial charge on any atom is 0.227 e. The topological polar surface area (TPSA) is 29.1 Å². The Bertz CT molecular complexity index is 464. The third-order valence-corrected chi connectivity index (χ3v) is 4.97. The highest BCUT2D eigenvalue weighted by Crippen LogP contribution is 2.54. The van der Waals surface area contributed by atoms with Gasteiger partial charge in [0.2, 0.25) is 5.91 Å². The molecule has 102 valence electrons. The number of nitrogens with one attached hydrogen (secondary N) is 1. The van der Waals surface area contributed by atoms with Crippen molar-refractivity contribution < 1.29 is 4.79 Å². The minimum absolute atomic E-state index is 0.227. The fourth-order valence-corrected chi connectivity index (χ4v) is 3.53. The molecule has 3 rings (SSSR count). The predicted molar refractivity (Wildman–Crippen MR) is 81.5 cm³/mol. The minimum Gasteiger partial charge on any atom is -0.326 e. The predicted octanol–water partition coefficient (Wildman–Crippen LogP) is 4.00. The zero-order valence-corrected chi connectivity index (χ0v) is 12.7. The van der Waals surface area contributed by atoms with Crippen LogP contribution in [0, 0.1) is 17.8 Å². The first-order chi connectivity index (χ1) is 9.26. The summed E-state index contributed by atoms with van der Waals surface area (Å²) in [5.74, 6) is 2.21. The highest BCUT2D eigenvalue weighted by Gasteiger charge is 2.47. The van der Waals surface area contributed by atoms with Gasteiger partial charge in [-0.25, -0.2) is 0 Å². The maximum atomic E-state index is 12.2. The fraction of sp³-hybridized carbons (Fsp3) is 0.562. The molecule has 0 spiro atoms. The van der Waals surface area contributed by atoms with Crippen molar-refractivity contribution in [2.45, 2.75) is 32.1 Å². The average molecular weight is 322 g/mol. The van der Waals surface area contributed by atoms with Gasteiger partial charge in [0.25, 0.3) is 0 Å².